The second kappa shape index (κ2) is 7.77. The summed E-state index contributed by atoms with van der Waals surface area (Å²) >= 11 is 0. The average molecular weight is 266 g/mol. The number of carbonyl (C=O) groups is 1. The van der Waals surface area contributed by atoms with Crippen LogP contribution in [0.5, 0.6) is 0 Å². The predicted octanol–water partition coefficient (Wildman–Crippen LogP) is 3.45. The minimum atomic E-state index is -0.531. The molecule has 106 valence electrons. The normalized spacial score (nSPS) is 10.5. The molecule has 0 heterocycles. The Hall–Kier alpha value is -1.58. The van der Waals surface area contributed by atoms with E-state index in [-0.39, 0.29) is 11.6 Å². The standard InChI is InChI=1S/C15H23FN2O/c1-3-5-9-18(10-6-4-2)15(19)12-7-8-14(17)13(16)11-12/h7-8,11H,3-6,9-10,17H2,1-2H3. The van der Waals surface area contributed by atoms with Gasteiger partial charge in [0.1, 0.15) is 5.82 Å². The van der Waals surface area contributed by atoms with Gasteiger partial charge in [-0.05, 0) is 31.0 Å². The van der Waals surface area contributed by atoms with Crippen LogP contribution in [0.2, 0.25) is 0 Å². The second-order valence-corrected chi connectivity index (χ2v) is 4.74. The number of halogens is 1. The van der Waals surface area contributed by atoms with E-state index >= 15 is 0 Å². The molecule has 0 radical (unpaired) electrons. The maximum atomic E-state index is 13.4. The van der Waals surface area contributed by atoms with Gasteiger partial charge >= 0.3 is 0 Å². The molecule has 0 aliphatic heterocycles. The van der Waals surface area contributed by atoms with Gasteiger partial charge in [0.15, 0.2) is 0 Å². The van der Waals surface area contributed by atoms with Gasteiger partial charge in [0, 0.05) is 18.7 Å². The van der Waals surface area contributed by atoms with Crippen molar-refractivity contribution in [2.24, 2.45) is 0 Å². The molecule has 0 fully saturated rings. The second-order valence-electron chi connectivity index (χ2n) is 4.74. The minimum Gasteiger partial charge on any atom is -0.396 e. The van der Waals surface area contributed by atoms with E-state index < -0.39 is 5.82 Å². The van der Waals surface area contributed by atoms with Crippen LogP contribution in [-0.2, 0) is 0 Å². The molecule has 2 N–H and O–H groups in total. The molecule has 0 spiro atoms. The molecule has 1 amide bonds. The topological polar surface area (TPSA) is 46.3 Å². The molecule has 0 saturated carbocycles. The SMILES string of the molecule is CCCCN(CCCC)C(=O)c1ccc(N)c(F)c1. The van der Waals surface area contributed by atoms with Gasteiger partial charge in [0.2, 0.25) is 0 Å². The van der Waals surface area contributed by atoms with E-state index in [1.807, 2.05) is 0 Å². The van der Waals surface area contributed by atoms with Crippen molar-refractivity contribution >= 4 is 11.6 Å². The summed E-state index contributed by atoms with van der Waals surface area (Å²) in [5.41, 5.74) is 5.87. The highest BCUT2D eigenvalue weighted by Crippen LogP contribution is 2.14. The van der Waals surface area contributed by atoms with Crippen LogP contribution in [0.15, 0.2) is 18.2 Å². The van der Waals surface area contributed by atoms with Crippen molar-refractivity contribution in [2.45, 2.75) is 39.5 Å². The van der Waals surface area contributed by atoms with Crippen molar-refractivity contribution in [1.82, 2.24) is 4.90 Å². The van der Waals surface area contributed by atoms with Crippen LogP contribution in [0.4, 0.5) is 10.1 Å². The van der Waals surface area contributed by atoms with Gasteiger partial charge in [-0.3, -0.25) is 4.79 Å². The van der Waals surface area contributed by atoms with Gasteiger partial charge in [-0.15, -0.1) is 0 Å². The van der Waals surface area contributed by atoms with Gasteiger partial charge in [-0.1, -0.05) is 26.7 Å². The Morgan fingerprint density at radius 2 is 1.79 bits per heavy atom. The number of hydrogen-bond donors (Lipinski definition) is 1. The van der Waals surface area contributed by atoms with Crippen LogP contribution in [0.1, 0.15) is 49.9 Å². The molecule has 0 aliphatic rings. The number of nitrogen functional groups attached to an aromatic ring is 1. The Balaban J connectivity index is 2.81. The van der Waals surface area contributed by atoms with E-state index in [2.05, 4.69) is 13.8 Å². The number of carbonyl (C=O) groups excluding carboxylic acids is 1. The predicted molar refractivity (Wildman–Crippen MR) is 76.5 cm³/mol. The van der Waals surface area contributed by atoms with Gasteiger partial charge < -0.3 is 10.6 Å². The van der Waals surface area contributed by atoms with Crippen molar-refractivity contribution in [1.29, 1.82) is 0 Å². The highest BCUT2D eigenvalue weighted by molar-refractivity contribution is 5.94. The van der Waals surface area contributed by atoms with Crippen molar-refractivity contribution in [2.75, 3.05) is 18.8 Å². The monoisotopic (exact) mass is 266 g/mol. The molecule has 0 aliphatic carbocycles. The van der Waals surface area contributed by atoms with Gasteiger partial charge in [-0.2, -0.15) is 0 Å². The van der Waals surface area contributed by atoms with E-state index in [4.69, 9.17) is 5.73 Å². The number of nitrogens with zero attached hydrogens (tertiary/aromatic N) is 1. The van der Waals surface area contributed by atoms with Gasteiger partial charge in [0.25, 0.3) is 5.91 Å². The number of amides is 1. The summed E-state index contributed by atoms with van der Waals surface area (Å²) in [6, 6.07) is 4.26. The first-order valence-corrected chi connectivity index (χ1v) is 6.94. The Morgan fingerprint density at radius 1 is 1.21 bits per heavy atom. The van der Waals surface area contributed by atoms with Gasteiger partial charge in [0.05, 0.1) is 5.69 Å². The molecule has 0 bridgehead atoms. The van der Waals surface area contributed by atoms with Crippen LogP contribution in [0, 0.1) is 5.82 Å². The summed E-state index contributed by atoms with van der Waals surface area (Å²) in [6.07, 6.45) is 4.00. The molecule has 0 aromatic heterocycles. The average Bonchev–Trinajstić information content (AvgIpc) is 2.41. The summed E-state index contributed by atoms with van der Waals surface area (Å²) in [7, 11) is 0. The van der Waals surface area contributed by atoms with E-state index in [9.17, 15) is 9.18 Å². The van der Waals surface area contributed by atoms with E-state index in [1.165, 1.54) is 12.1 Å². The molecular formula is C15H23FN2O. The lowest BCUT2D eigenvalue weighted by atomic mass is 10.1. The maximum Gasteiger partial charge on any atom is 0.253 e. The number of benzene rings is 1. The zero-order valence-corrected chi connectivity index (χ0v) is 11.8. The first-order valence-electron chi connectivity index (χ1n) is 6.94. The number of hydrogen-bond acceptors (Lipinski definition) is 2. The molecule has 19 heavy (non-hydrogen) atoms. The van der Waals surface area contributed by atoms with Crippen molar-refractivity contribution < 1.29 is 9.18 Å². The van der Waals surface area contributed by atoms with E-state index in [1.54, 1.807) is 11.0 Å². The molecule has 3 nitrogen and oxygen atoms in total. The highest BCUT2D eigenvalue weighted by Gasteiger charge is 2.16. The smallest absolute Gasteiger partial charge is 0.253 e. The molecule has 1 rings (SSSR count). The van der Waals surface area contributed by atoms with Gasteiger partial charge in [-0.25, -0.2) is 4.39 Å². The largest absolute Gasteiger partial charge is 0.396 e. The van der Waals surface area contributed by atoms with Crippen LogP contribution in [0.3, 0.4) is 0 Å². The highest BCUT2D eigenvalue weighted by atomic mass is 19.1. The lowest BCUT2D eigenvalue weighted by molar-refractivity contribution is 0.0750. The molecule has 1 aromatic carbocycles. The molecule has 4 heteroatoms. The lowest BCUT2D eigenvalue weighted by Crippen LogP contribution is -2.33. The molecule has 0 atom stereocenters. The van der Waals surface area contributed by atoms with E-state index in [0.29, 0.717) is 5.56 Å². The van der Waals surface area contributed by atoms with Crippen LogP contribution < -0.4 is 5.73 Å². The fourth-order valence-corrected chi connectivity index (χ4v) is 1.86. The quantitative estimate of drug-likeness (QED) is 0.768. The Morgan fingerprint density at radius 3 is 2.26 bits per heavy atom. The summed E-state index contributed by atoms with van der Waals surface area (Å²) < 4.78 is 13.4. The lowest BCUT2D eigenvalue weighted by Gasteiger charge is -2.22. The molecule has 0 unspecified atom stereocenters. The molecular weight excluding hydrogens is 243 g/mol. The Bertz CT molecular complexity index is 413. The molecule has 0 saturated heterocycles. The first kappa shape index (κ1) is 15.5. The molecule has 1 aromatic rings. The first-order chi connectivity index (χ1) is 9.10. The Labute approximate surface area is 114 Å². The van der Waals surface area contributed by atoms with Crippen LogP contribution in [0.25, 0.3) is 0 Å². The fraction of sp³-hybridized carbons (Fsp3) is 0.533. The Kier molecular flexibility index (Phi) is 6.33. The van der Waals surface area contributed by atoms with Crippen molar-refractivity contribution in [3.63, 3.8) is 0 Å². The number of rotatable bonds is 7. The van der Waals surface area contributed by atoms with Crippen LogP contribution in [-0.4, -0.2) is 23.9 Å². The third kappa shape index (κ3) is 4.54. The third-order valence-corrected chi connectivity index (χ3v) is 3.10. The van der Waals surface area contributed by atoms with Crippen molar-refractivity contribution in [3.8, 4) is 0 Å². The fourth-order valence-electron chi connectivity index (χ4n) is 1.86. The van der Waals surface area contributed by atoms with Crippen molar-refractivity contribution in [3.05, 3.63) is 29.6 Å². The number of anilines is 1. The summed E-state index contributed by atoms with van der Waals surface area (Å²) in [5.74, 6) is -0.641. The summed E-state index contributed by atoms with van der Waals surface area (Å²) in [4.78, 5) is 14.1. The maximum absolute atomic E-state index is 13.4. The zero-order chi connectivity index (χ0) is 14.3. The van der Waals surface area contributed by atoms with Crippen LogP contribution >= 0.6 is 0 Å². The zero-order valence-electron chi connectivity index (χ0n) is 11.8. The van der Waals surface area contributed by atoms with E-state index in [0.717, 1.165) is 38.8 Å². The summed E-state index contributed by atoms with van der Waals surface area (Å²) in [6.45, 7) is 5.62. The third-order valence-electron chi connectivity index (χ3n) is 3.10. The number of unbranched alkanes of at least 4 members (excludes halogenated alkanes) is 2. The minimum absolute atomic E-state index is 0.0743. The number of nitrogens with two attached hydrogens (primary N) is 1. The summed E-state index contributed by atoms with van der Waals surface area (Å²) in [5, 5.41) is 0.